The van der Waals surface area contributed by atoms with Crippen LogP contribution in [0.5, 0.6) is 17.2 Å². The Bertz CT molecular complexity index is 3520. The Hall–Kier alpha value is -7.50. The van der Waals surface area contributed by atoms with Gasteiger partial charge >= 0.3 is 5.69 Å². The van der Waals surface area contributed by atoms with Gasteiger partial charge in [0, 0.05) is 23.0 Å². The lowest BCUT2D eigenvalue weighted by Crippen LogP contribution is -2.42. The molecule has 10 aromatic carbocycles. The first-order valence-corrected chi connectivity index (χ1v) is 21.2. The van der Waals surface area contributed by atoms with Gasteiger partial charge in [-0.1, -0.05) is 109 Å². The Morgan fingerprint density at radius 2 is 1.11 bits per heavy atom. The number of rotatable bonds is 11. The quantitative estimate of drug-likeness (QED) is 0.0751. The van der Waals surface area contributed by atoms with Crippen molar-refractivity contribution in [2.75, 3.05) is 20.8 Å². The number of nitrogens with one attached hydrogen (secondary N) is 1. The fourth-order valence-corrected chi connectivity index (χ4v) is 10.3. The molecule has 0 amide bonds. The van der Waals surface area contributed by atoms with Crippen molar-refractivity contribution in [2.24, 2.45) is 0 Å². The SMILES string of the molecule is COc1ccc(C(OC[C@H]2O[C@@H](n3ccc(=O)[nH]c3=O)[C@@H](Oc3cc4ccc5ccc6ccc7ccc8ccc3c3c8c7c6c5c43)C2O)(c2ccccc2)c2ccc(OC)cc2)cc1. The molecule has 1 aromatic heterocycles. The van der Waals surface area contributed by atoms with Gasteiger partial charge in [-0.2, -0.15) is 0 Å². The zero-order valence-electron chi connectivity index (χ0n) is 34.8. The minimum absolute atomic E-state index is 0.136. The van der Waals surface area contributed by atoms with Crippen LogP contribution in [0.25, 0.3) is 64.6 Å². The van der Waals surface area contributed by atoms with Crippen LogP contribution < -0.4 is 25.5 Å². The molecule has 2 heterocycles. The summed E-state index contributed by atoms with van der Waals surface area (Å²) in [4.78, 5) is 28.3. The summed E-state index contributed by atoms with van der Waals surface area (Å²) in [5.41, 5.74) is -0.0430. The van der Waals surface area contributed by atoms with E-state index in [-0.39, 0.29) is 6.61 Å². The average molecular weight is 845 g/mol. The van der Waals surface area contributed by atoms with E-state index in [1.165, 1.54) is 38.4 Å². The molecule has 1 fully saturated rings. The number of hydrogen-bond acceptors (Lipinski definition) is 8. The van der Waals surface area contributed by atoms with Crippen molar-refractivity contribution in [1.82, 2.24) is 9.55 Å². The summed E-state index contributed by atoms with van der Waals surface area (Å²) in [6, 6.07) is 50.1. The summed E-state index contributed by atoms with van der Waals surface area (Å²) in [5.74, 6) is 1.89. The first-order valence-electron chi connectivity index (χ1n) is 21.2. The van der Waals surface area contributed by atoms with Crippen molar-refractivity contribution in [3.05, 3.63) is 195 Å². The maximum absolute atomic E-state index is 13.6. The molecule has 0 bridgehead atoms. The summed E-state index contributed by atoms with van der Waals surface area (Å²) >= 11 is 0. The Kier molecular flexibility index (Phi) is 8.67. The molecule has 2 N–H and O–H groups in total. The largest absolute Gasteiger partial charge is 0.497 e. The second-order valence-corrected chi connectivity index (χ2v) is 16.6. The highest BCUT2D eigenvalue weighted by atomic mass is 16.6. The van der Waals surface area contributed by atoms with Gasteiger partial charge in [0.25, 0.3) is 5.56 Å². The van der Waals surface area contributed by atoms with Crippen molar-refractivity contribution < 1.29 is 28.8 Å². The highest BCUT2D eigenvalue weighted by Crippen LogP contribution is 2.51. The molecular weight excluding hydrogens is 805 g/mol. The van der Waals surface area contributed by atoms with Gasteiger partial charge < -0.3 is 28.8 Å². The molecule has 11 aromatic rings. The van der Waals surface area contributed by atoms with Gasteiger partial charge in [0.2, 0.25) is 0 Å². The van der Waals surface area contributed by atoms with Crippen LogP contribution in [0.1, 0.15) is 22.9 Å². The smallest absolute Gasteiger partial charge is 0.330 e. The van der Waals surface area contributed by atoms with E-state index in [0.717, 1.165) is 59.8 Å². The van der Waals surface area contributed by atoms with Crippen molar-refractivity contribution in [1.29, 1.82) is 0 Å². The van der Waals surface area contributed by atoms with Crippen LogP contribution in [-0.2, 0) is 15.1 Å². The van der Waals surface area contributed by atoms with Gasteiger partial charge in [-0.15, -0.1) is 0 Å². The molecule has 314 valence electrons. The van der Waals surface area contributed by atoms with E-state index in [2.05, 4.69) is 65.6 Å². The predicted octanol–water partition coefficient (Wildman–Crippen LogP) is 9.50. The van der Waals surface area contributed by atoms with Gasteiger partial charge in [0.1, 0.15) is 35.1 Å². The lowest BCUT2D eigenvalue weighted by atomic mass is 9.80. The van der Waals surface area contributed by atoms with Gasteiger partial charge in [-0.05, 0) is 107 Å². The molecule has 10 nitrogen and oxygen atoms in total. The Balaban J connectivity index is 0.997. The molecule has 0 saturated carbocycles. The number of ether oxygens (including phenoxy) is 5. The molecule has 0 spiro atoms. The van der Waals surface area contributed by atoms with Crippen molar-refractivity contribution >= 4 is 64.6 Å². The summed E-state index contributed by atoms with van der Waals surface area (Å²) < 4.78 is 33.3. The molecule has 12 rings (SSSR count). The minimum atomic E-state index is -1.31. The van der Waals surface area contributed by atoms with Gasteiger partial charge in [-0.3, -0.25) is 14.3 Å². The van der Waals surface area contributed by atoms with E-state index in [1.54, 1.807) is 14.2 Å². The number of hydrogen-bond donors (Lipinski definition) is 2. The fraction of sp³-hybridized carbons (Fsp3) is 0.148. The molecule has 0 aliphatic carbocycles. The lowest BCUT2D eigenvalue weighted by molar-refractivity contribution is -0.0955. The van der Waals surface area contributed by atoms with E-state index in [4.69, 9.17) is 23.7 Å². The third-order valence-electron chi connectivity index (χ3n) is 13.3. The van der Waals surface area contributed by atoms with Crippen molar-refractivity contribution in [2.45, 2.75) is 30.1 Å². The lowest BCUT2D eigenvalue weighted by Gasteiger charge is -2.37. The first kappa shape index (κ1) is 38.2. The summed E-state index contributed by atoms with van der Waals surface area (Å²) in [6.45, 7) is -0.136. The van der Waals surface area contributed by atoms with Gasteiger partial charge in [-0.25, -0.2) is 4.79 Å². The maximum Gasteiger partial charge on any atom is 0.330 e. The second kappa shape index (κ2) is 14.5. The molecule has 1 aliphatic rings. The molecular formula is C54H40N2O8. The van der Waals surface area contributed by atoms with Crippen LogP contribution in [-0.4, -0.2) is 53.8 Å². The number of aliphatic hydroxyl groups excluding tert-OH is 1. The number of aromatic amines is 1. The second-order valence-electron chi connectivity index (χ2n) is 16.6. The van der Waals surface area contributed by atoms with Crippen LogP contribution in [0.2, 0.25) is 0 Å². The Labute approximate surface area is 365 Å². The summed E-state index contributed by atoms with van der Waals surface area (Å²) in [6.07, 6.45) is -3.24. The zero-order valence-corrected chi connectivity index (χ0v) is 34.8. The Morgan fingerprint density at radius 3 is 1.66 bits per heavy atom. The monoisotopic (exact) mass is 844 g/mol. The summed E-state index contributed by atoms with van der Waals surface area (Å²) in [5, 5.41) is 26.1. The molecule has 0 radical (unpaired) electrons. The third-order valence-corrected chi connectivity index (χ3v) is 13.3. The average Bonchev–Trinajstić information content (AvgIpc) is 3.64. The van der Waals surface area contributed by atoms with E-state index in [1.807, 2.05) is 84.9 Å². The van der Waals surface area contributed by atoms with Crippen LogP contribution in [0.3, 0.4) is 0 Å². The molecule has 10 heteroatoms. The first-order chi connectivity index (χ1) is 31.3. The van der Waals surface area contributed by atoms with Crippen molar-refractivity contribution in [3.63, 3.8) is 0 Å². The van der Waals surface area contributed by atoms with Crippen molar-refractivity contribution in [3.8, 4) is 17.2 Å². The number of aliphatic hydroxyl groups is 1. The third kappa shape index (κ3) is 5.63. The Morgan fingerprint density at radius 1 is 0.609 bits per heavy atom. The molecule has 1 saturated heterocycles. The summed E-state index contributed by atoms with van der Waals surface area (Å²) in [7, 11) is 3.24. The molecule has 1 unspecified atom stereocenters. The highest BCUT2D eigenvalue weighted by Gasteiger charge is 2.49. The topological polar surface area (TPSA) is 121 Å². The van der Waals surface area contributed by atoms with E-state index >= 15 is 0 Å². The number of aromatic nitrogens is 2. The van der Waals surface area contributed by atoms with E-state index < -0.39 is 41.4 Å². The van der Waals surface area contributed by atoms with Gasteiger partial charge in [0.05, 0.1) is 20.8 Å². The van der Waals surface area contributed by atoms with Crippen LogP contribution in [0, 0.1) is 0 Å². The van der Waals surface area contributed by atoms with Gasteiger partial charge in [0.15, 0.2) is 12.3 Å². The van der Waals surface area contributed by atoms with Crippen LogP contribution >= 0.6 is 0 Å². The van der Waals surface area contributed by atoms with E-state index in [9.17, 15) is 14.7 Å². The normalized spacial score (nSPS) is 18.1. The van der Waals surface area contributed by atoms with E-state index in [0.29, 0.717) is 17.2 Å². The fourth-order valence-electron chi connectivity index (χ4n) is 10.3. The standard InChI is InChI=1S/C54H40N2O8/c1-60-38-21-17-36(18-22-38)54(35-6-4-3-5-7-35,37-19-23-39(61-2)24-20-37)62-29-42-50(58)51(52(64-42)56-27-26-43(57)55-53(56)59)63-41-28-34-15-14-32-11-9-30-8-10-31-12-13-33-16-25-40(41)49-47(33)45(31)44(30)46(32)48(34)49/h3-28,42,50-52,58H,29H2,1-2H3,(H,55,57,59)/t42-,50?,51+,52-/m1/s1. The number of nitrogens with zero attached hydrogens (tertiary/aromatic N) is 1. The number of benzene rings is 10. The molecule has 1 aliphatic heterocycles. The molecule has 4 atom stereocenters. The highest BCUT2D eigenvalue weighted by molar-refractivity contribution is 6.44. The zero-order chi connectivity index (χ0) is 43.3. The van der Waals surface area contributed by atoms with Crippen LogP contribution in [0.4, 0.5) is 0 Å². The molecule has 64 heavy (non-hydrogen) atoms. The predicted molar refractivity (Wildman–Crippen MR) is 249 cm³/mol. The minimum Gasteiger partial charge on any atom is -0.497 e. The maximum atomic E-state index is 13.6. The number of methoxy groups -OCH3 is 2. The van der Waals surface area contributed by atoms with Crippen LogP contribution in [0.15, 0.2) is 167 Å². The number of H-pyrrole nitrogens is 1.